The molecule has 0 spiro atoms. The van der Waals surface area contributed by atoms with Crippen molar-refractivity contribution in [2.24, 2.45) is 0 Å². The van der Waals surface area contributed by atoms with Gasteiger partial charge in [0.15, 0.2) is 5.82 Å². The Morgan fingerprint density at radius 2 is 1.73 bits per heavy atom. The molecule has 2 aromatic rings. The number of halogens is 1. The van der Waals surface area contributed by atoms with Gasteiger partial charge in [0.05, 0.1) is 17.7 Å². The standard InChI is InChI=1S/C19H27BFN3O2/c1-7-16-22-17(8-2)24(23-16)12-13-9-10-15(21)14(11-13)20-25-18(3,4)19(5,6)26-20/h9-11H,7-8,12H2,1-6H3. The largest absolute Gasteiger partial charge is 0.497 e. The number of aromatic nitrogens is 3. The van der Waals surface area contributed by atoms with Crippen LogP contribution in [0, 0.1) is 5.82 Å². The molecule has 1 fully saturated rings. The van der Waals surface area contributed by atoms with Crippen LogP contribution in [0.5, 0.6) is 0 Å². The van der Waals surface area contributed by atoms with Gasteiger partial charge >= 0.3 is 7.12 Å². The monoisotopic (exact) mass is 359 g/mol. The van der Waals surface area contributed by atoms with Crippen LogP contribution in [0.3, 0.4) is 0 Å². The summed E-state index contributed by atoms with van der Waals surface area (Å²) in [4.78, 5) is 4.53. The maximum Gasteiger partial charge on any atom is 0.497 e. The lowest BCUT2D eigenvalue weighted by Crippen LogP contribution is -2.41. The molecule has 3 rings (SSSR count). The Labute approximate surface area is 155 Å². The topological polar surface area (TPSA) is 49.2 Å². The molecule has 1 aromatic carbocycles. The molecular weight excluding hydrogens is 332 g/mol. The lowest BCUT2D eigenvalue weighted by molar-refractivity contribution is 0.00578. The van der Waals surface area contributed by atoms with E-state index in [-0.39, 0.29) is 5.82 Å². The van der Waals surface area contributed by atoms with Gasteiger partial charge in [-0.05, 0) is 39.3 Å². The zero-order chi connectivity index (χ0) is 19.1. The van der Waals surface area contributed by atoms with Crippen molar-refractivity contribution in [3.8, 4) is 0 Å². The molecule has 0 saturated carbocycles. The van der Waals surface area contributed by atoms with E-state index in [9.17, 15) is 4.39 Å². The summed E-state index contributed by atoms with van der Waals surface area (Å²) in [5, 5.41) is 4.54. The highest BCUT2D eigenvalue weighted by atomic mass is 19.1. The SMILES string of the molecule is CCc1nc(CC)n(Cc2ccc(F)c(B3OC(C)(C)C(C)(C)O3)c2)n1. The van der Waals surface area contributed by atoms with E-state index in [1.54, 1.807) is 6.07 Å². The molecular formula is C19H27BFN3O2. The summed E-state index contributed by atoms with van der Waals surface area (Å²) in [5.74, 6) is 1.44. The highest BCUT2D eigenvalue weighted by Crippen LogP contribution is 2.36. The second-order valence-corrected chi connectivity index (χ2v) is 7.75. The van der Waals surface area contributed by atoms with Gasteiger partial charge in [-0.25, -0.2) is 14.1 Å². The number of rotatable bonds is 5. The maximum absolute atomic E-state index is 14.5. The second kappa shape index (κ2) is 6.78. The summed E-state index contributed by atoms with van der Waals surface area (Å²) in [6.07, 6.45) is 1.60. The quantitative estimate of drug-likeness (QED) is 0.771. The summed E-state index contributed by atoms with van der Waals surface area (Å²) >= 11 is 0. The third kappa shape index (κ3) is 3.42. The number of aryl methyl sites for hydroxylation is 2. The Morgan fingerprint density at radius 3 is 2.31 bits per heavy atom. The van der Waals surface area contributed by atoms with Gasteiger partial charge in [-0.1, -0.05) is 26.0 Å². The van der Waals surface area contributed by atoms with Crippen molar-refractivity contribution in [1.82, 2.24) is 14.8 Å². The summed E-state index contributed by atoms with van der Waals surface area (Å²) in [6.45, 7) is 12.5. The molecule has 7 heteroatoms. The second-order valence-electron chi connectivity index (χ2n) is 7.75. The molecule has 0 radical (unpaired) electrons. The average molecular weight is 359 g/mol. The van der Waals surface area contributed by atoms with Crippen LogP contribution in [0.1, 0.15) is 58.8 Å². The number of nitrogens with zero attached hydrogens (tertiary/aromatic N) is 3. The minimum absolute atomic E-state index is 0.323. The normalized spacial score (nSPS) is 18.5. The van der Waals surface area contributed by atoms with Crippen LogP contribution in [0.2, 0.25) is 0 Å². The molecule has 5 nitrogen and oxygen atoms in total. The lowest BCUT2D eigenvalue weighted by atomic mass is 9.78. The van der Waals surface area contributed by atoms with Crippen molar-refractivity contribution in [3.05, 3.63) is 41.2 Å². The molecule has 2 heterocycles. The number of benzene rings is 1. The van der Waals surface area contributed by atoms with E-state index < -0.39 is 18.3 Å². The Morgan fingerprint density at radius 1 is 1.08 bits per heavy atom. The first-order valence-corrected chi connectivity index (χ1v) is 9.23. The van der Waals surface area contributed by atoms with Crippen molar-refractivity contribution >= 4 is 12.6 Å². The van der Waals surface area contributed by atoms with Crippen LogP contribution >= 0.6 is 0 Å². The van der Waals surface area contributed by atoms with Crippen molar-refractivity contribution < 1.29 is 13.7 Å². The molecule has 140 valence electrons. The fraction of sp³-hybridized carbons (Fsp3) is 0.579. The highest BCUT2D eigenvalue weighted by molar-refractivity contribution is 6.62. The Kier molecular flexibility index (Phi) is 4.97. The van der Waals surface area contributed by atoms with Crippen molar-refractivity contribution in [2.75, 3.05) is 0 Å². The van der Waals surface area contributed by atoms with Crippen LogP contribution in [-0.4, -0.2) is 33.1 Å². The Hall–Kier alpha value is -1.73. The first-order valence-electron chi connectivity index (χ1n) is 9.23. The predicted molar refractivity (Wildman–Crippen MR) is 100.0 cm³/mol. The van der Waals surface area contributed by atoms with E-state index in [0.717, 1.165) is 30.1 Å². The number of hydrogen-bond acceptors (Lipinski definition) is 4. The molecule has 26 heavy (non-hydrogen) atoms. The van der Waals surface area contributed by atoms with E-state index in [1.165, 1.54) is 6.07 Å². The Balaban J connectivity index is 1.88. The third-order valence-corrected chi connectivity index (χ3v) is 5.32. The zero-order valence-electron chi connectivity index (χ0n) is 16.5. The summed E-state index contributed by atoms with van der Waals surface area (Å²) in [7, 11) is -0.715. The first kappa shape index (κ1) is 19.0. The summed E-state index contributed by atoms with van der Waals surface area (Å²) in [6, 6.07) is 5.06. The lowest BCUT2D eigenvalue weighted by Gasteiger charge is -2.32. The van der Waals surface area contributed by atoms with E-state index in [2.05, 4.69) is 17.0 Å². The van der Waals surface area contributed by atoms with E-state index in [1.807, 2.05) is 45.4 Å². The van der Waals surface area contributed by atoms with Gasteiger partial charge in [0.25, 0.3) is 0 Å². The summed E-state index contributed by atoms with van der Waals surface area (Å²) in [5.41, 5.74) is 0.364. The molecule has 0 bridgehead atoms. The average Bonchev–Trinajstić information content (AvgIpc) is 3.06. The zero-order valence-corrected chi connectivity index (χ0v) is 16.5. The maximum atomic E-state index is 14.5. The fourth-order valence-electron chi connectivity index (χ4n) is 2.98. The first-order chi connectivity index (χ1) is 12.2. The van der Waals surface area contributed by atoms with Crippen molar-refractivity contribution in [2.45, 2.75) is 72.1 Å². The van der Waals surface area contributed by atoms with Crippen LogP contribution < -0.4 is 5.46 Å². The van der Waals surface area contributed by atoms with Crippen molar-refractivity contribution in [3.63, 3.8) is 0 Å². The van der Waals surface area contributed by atoms with Gasteiger partial charge in [-0.15, -0.1) is 0 Å². The smallest absolute Gasteiger partial charge is 0.399 e. The Bertz CT molecular complexity index is 788. The number of hydrogen-bond donors (Lipinski definition) is 0. The molecule has 0 atom stereocenters. The van der Waals surface area contributed by atoms with E-state index >= 15 is 0 Å². The van der Waals surface area contributed by atoms with Crippen LogP contribution in [0.25, 0.3) is 0 Å². The third-order valence-electron chi connectivity index (χ3n) is 5.32. The molecule has 0 amide bonds. The van der Waals surface area contributed by atoms with Crippen LogP contribution in [0.4, 0.5) is 4.39 Å². The van der Waals surface area contributed by atoms with Gasteiger partial charge in [-0.3, -0.25) is 0 Å². The van der Waals surface area contributed by atoms with E-state index in [0.29, 0.717) is 12.0 Å². The molecule has 1 aliphatic heterocycles. The van der Waals surface area contributed by atoms with Gasteiger partial charge in [-0.2, -0.15) is 5.10 Å². The van der Waals surface area contributed by atoms with E-state index in [4.69, 9.17) is 9.31 Å². The van der Waals surface area contributed by atoms with Gasteiger partial charge in [0, 0.05) is 18.3 Å². The molecule has 0 aliphatic carbocycles. The van der Waals surface area contributed by atoms with Crippen LogP contribution in [0.15, 0.2) is 18.2 Å². The minimum atomic E-state index is -0.715. The molecule has 0 unspecified atom stereocenters. The highest BCUT2D eigenvalue weighted by Gasteiger charge is 2.52. The van der Waals surface area contributed by atoms with Gasteiger partial charge in [0.2, 0.25) is 0 Å². The summed E-state index contributed by atoms with van der Waals surface area (Å²) < 4.78 is 28.4. The molecule has 1 saturated heterocycles. The predicted octanol–water partition coefficient (Wildman–Crippen LogP) is 2.89. The molecule has 1 aliphatic rings. The van der Waals surface area contributed by atoms with Crippen LogP contribution in [-0.2, 0) is 28.7 Å². The van der Waals surface area contributed by atoms with Gasteiger partial charge in [0.1, 0.15) is 11.6 Å². The fourth-order valence-corrected chi connectivity index (χ4v) is 2.98. The molecule has 1 aromatic heterocycles. The van der Waals surface area contributed by atoms with Gasteiger partial charge < -0.3 is 9.31 Å². The molecule has 0 N–H and O–H groups in total. The van der Waals surface area contributed by atoms with Crippen molar-refractivity contribution in [1.29, 1.82) is 0 Å². The minimum Gasteiger partial charge on any atom is -0.399 e.